The summed E-state index contributed by atoms with van der Waals surface area (Å²) in [6.45, 7) is 2.64. The molecule has 1 rings (SSSR count). The smallest absolute Gasteiger partial charge is 0.329 e. The third-order valence-corrected chi connectivity index (χ3v) is 2.95. The standard InChI is InChI=1S/C12H12F3NO4/c1-3-12(2,11(19)20)16-10(18)5-4-6(13)8(15)9(17)7(5)14/h4,17H,3H2,1-2H3,(H,16,18)(H,19,20). The molecule has 0 radical (unpaired) electrons. The third-order valence-electron chi connectivity index (χ3n) is 2.95. The highest BCUT2D eigenvalue weighted by Gasteiger charge is 2.34. The number of aromatic hydroxyl groups is 1. The number of rotatable bonds is 4. The molecule has 0 bridgehead atoms. The lowest BCUT2D eigenvalue weighted by Gasteiger charge is -2.24. The molecule has 0 aromatic heterocycles. The van der Waals surface area contributed by atoms with Gasteiger partial charge in [-0.25, -0.2) is 13.6 Å². The highest BCUT2D eigenvalue weighted by atomic mass is 19.2. The van der Waals surface area contributed by atoms with E-state index in [0.717, 1.165) is 0 Å². The fourth-order valence-corrected chi connectivity index (χ4v) is 1.37. The number of hydrogen-bond donors (Lipinski definition) is 3. The van der Waals surface area contributed by atoms with Gasteiger partial charge in [-0.2, -0.15) is 4.39 Å². The Balaban J connectivity index is 3.20. The number of phenols is 1. The van der Waals surface area contributed by atoms with Gasteiger partial charge in [-0.1, -0.05) is 6.92 Å². The van der Waals surface area contributed by atoms with Crippen molar-refractivity contribution in [3.63, 3.8) is 0 Å². The molecule has 0 aliphatic carbocycles. The van der Waals surface area contributed by atoms with Crippen molar-refractivity contribution in [1.82, 2.24) is 5.32 Å². The highest BCUT2D eigenvalue weighted by molar-refractivity contribution is 5.98. The molecule has 0 aliphatic rings. The van der Waals surface area contributed by atoms with Crippen LogP contribution in [0.15, 0.2) is 6.07 Å². The molecule has 8 heteroatoms. The first-order valence-corrected chi connectivity index (χ1v) is 5.56. The monoisotopic (exact) mass is 291 g/mol. The minimum atomic E-state index is -1.82. The maximum Gasteiger partial charge on any atom is 0.329 e. The van der Waals surface area contributed by atoms with Crippen LogP contribution in [0.2, 0.25) is 0 Å². The Morgan fingerprint density at radius 1 is 1.30 bits per heavy atom. The van der Waals surface area contributed by atoms with Crippen LogP contribution < -0.4 is 5.32 Å². The molecule has 0 fully saturated rings. The molecule has 3 N–H and O–H groups in total. The fraction of sp³-hybridized carbons (Fsp3) is 0.333. The van der Waals surface area contributed by atoms with E-state index in [1.165, 1.54) is 13.8 Å². The summed E-state index contributed by atoms with van der Waals surface area (Å²) in [5.41, 5.74) is -2.69. The molecule has 1 aromatic carbocycles. The van der Waals surface area contributed by atoms with Crippen molar-refractivity contribution < 1.29 is 33.0 Å². The second-order valence-electron chi connectivity index (χ2n) is 4.33. The van der Waals surface area contributed by atoms with Crippen molar-refractivity contribution in [2.24, 2.45) is 0 Å². The summed E-state index contributed by atoms with van der Waals surface area (Å²) in [6, 6.07) is 0.248. The average molecular weight is 291 g/mol. The van der Waals surface area contributed by atoms with E-state index in [1.54, 1.807) is 0 Å². The van der Waals surface area contributed by atoms with E-state index < -0.39 is 46.2 Å². The number of nitrogens with one attached hydrogen (secondary N) is 1. The molecule has 0 saturated heterocycles. The molecule has 20 heavy (non-hydrogen) atoms. The van der Waals surface area contributed by atoms with Gasteiger partial charge in [-0.3, -0.25) is 4.79 Å². The van der Waals surface area contributed by atoms with Gasteiger partial charge in [0.1, 0.15) is 5.54 Å². The lowest BCUT2D eigenvalue weighted by molar-refractivity contribution is -0.143. The van der Waals surface area contributed by atoms with E-state index in [0.29, 0.717) is 0 Å². The first-order chi connectivity index (χ1) is 9.14. The Labute approximate surface area is 112 Å². The average Bonchev–Trinajstić information content (AvgIpc) is 2.39. The van der Waals surface area contributed by atoms with Crippen LogP contribution >= 0.6 is 0 Å². The summed E-state index contributed by atoms with van der Waals surface area (Å²) in [6.07, 6.45) is -0.0225. The molecular formula is C12H12F3NO4. The third kappa shape index (κ3) is 2.68. The second kappa shape index (κ2) is 5.40. The molecule has 5 nitrogen and oxygen atoms in total. The first kappa shape index (κ1) is 15.8. The molecule has 0 heterocycles. The van der Waals surface area contributed by atoms with E-state index in [-0.39, 0.29) is 12.5 Å². The summed E-state index contributed by atoms with van der Waals surface area (Å²) in [5.74, 6) is -9.39. The second-order valence-corrected chi connectivity index (χ2v) is 4.33. The van der Waals surface area contributed by atoms with E-state index in [1.807, 2.05) is 5.32 Å². The van der Waals surface area contributed by atoms with E-state index >= 15 is 0 Å². The van der Waals surface area contributed by atoms with Crippen LogP contribution in [0.3, 0.4) is 0 Å². The van der Waals surface area contributed by atoms with Crippen molar-refractivity contribution >= 4 is 11.9 Å². The minimum absolute atomic E-state index is 0.0225. The topological polar surface area (TPSA) is 86.6 Å². The number of carboxylic acids is 1. The zero-order chi connectivity index (χ0) is 15.7. The van der Waals surface area contributed by atoms with Crippen molar-refractivity contribution in [2.75, 3.05) is 0 Å². The lowest BCUT2D eigenvalue weighted by Crippen LogP contribution is -2.51. The Bertz CT molecular complexity index is 576. The number of halogens is 3. The van der Waals surface area contributed by atoms with Crippen LogP contribution in [0.25, 0.3) is 0 Å². The van der Waals surface area contributed by atoms with E-state index in [4.69, 9.17) is 10.2 Å². The van der Waals surface area contributed by atoms with Crippen molar-refractivity contribution in [3.05, 3.63) is 29.1 Å². The van der Waals surface area contributed by atoms with Crippen molar-refractivity contribution in [3.8, 4) is 5.75 Å². The van der Waals surface area contributed by atoms with Crippen LogP contribution in [0.1, 0.15) is 30.6 Å². The predicted molar refractivity (Wildman–Crippen MR) is 61.8 cm³/mol. The summed E-state index contributed by atoms with van der Waals surface area (Å²) < 4.78 is 39.4. The van der Waals surface area contributed by atoms with Gasteiger partial charge in [0, 0.05) is 0 Å². The zero-order valence-corrected chi connectivity index (χ0v) is 10.6. The Hall–Kier alpha value is -2.25. The van der Waals surface area contributed by atoms with Crippen LogP contribution in [-0.2, 0) is 4.79 Å². The molecule has 0 saturated carbocycles. The molecule has 0 aliphatic heterocycles. The Kier molecular flexibility index (Phi) is 4.26. The van der Waals surface area contributed by atoms with Crippen molar-refractivity contribution in [2.45, 2.75) is 25.8 Å². The first-order valence-electron chi connectivity index (χ1n) is 5.56. The van der Waals surface area contributed by atoms with Gasteiger partial charge in [0.15, 0.2) is 17.4 Å². The molecule has 1 unspecified atom stereocenters. The van der Waals surface area contributed by atoms with Crippen LogP contribution in [-0.4, -0.2) is 27.6 Å². The number of aliphatic carboxylic acids is 1. The number of carbonyl (C=O) groups excluding carboxylic acids is 1. The van der Waals surface area contributed by atoms with E-state index in [2.05, 4.69) is 0 Å². The maximum absolute atomic E-state index is 13.5. The number of carboxylic acid groups (broad SMARTS) is 1. The number of phenolic OH excluding ortho intramolecular Hbond substituents is 1. The van der Waals surface area contributed by atoms with Gasteiger partial charge in [-0.05, 0) is 19.4 Å². The largest absolute Gasteiger partial charge is 0.503 e. The molecule has 1 atom stereocenters. The van der Waals surface area contributed by atoms with Gasteiger partial charge < -0.3 is 15.5 Å². The zero-order valence-electron chi connectivity index (χ0n) is 10.6. The molecule has 1 amide bonds. The predicted octanol–water partition coefficient (Wildman–Crippen LogP) is 1.79. The highest BCUT2D eigenvalue weighted by Crippen LogP contribution is 2.26. The van der Waals surface area contributed by atoms with Gasteiger partial charge in [0.25, 0.3) is 5.91 Å². The van der Waals surface area contributed by atoms with E-state index in [9.17, 15) is 22.8 Å². The SMILES string of the molecule is CCC(C)(NC(=O)c1cc(F)c(F)c(O)c1F)C(=O)O. The summed E-state index contributed by atoms with van der Waals surface area (Å²) in [5, 5.41) is 19.9. The lowest BCUT2D eigenvalue weighted by atomic mass is 9.98. The Morgan fingerprint density at radius 2 is 1.85 bits per heavy atom. The molecule has 1 aromatic rings. The minimum Gasteiger partial charge on any atom is -0.503 e. The van der Waals surface area contributed by atoms with Gasteiger partial charge in [0.05, 0.1) is 5.56 Å². The summed E-state index contributed by atoms with van der Waals surface area (Å²) in [4.78, 5) is 22.7. The molecular weight excluding hydrogens is 279 g/mol. The van der Waals surface area contributed by atoms with Gasteiger partial charge in [0.2, 0.25) is 5.82 Å². The number of carbonyl (C=O) groups is 2. The maximum atomic E-state index is 13.5. The van der Waals surface area contributed by atoms with Crippen LogP contribution in [0.5, 0.6) is 5.75 Å². The van der Waals surface area contributed by atoms with Crippen LogP contribution in [0, 0.1) is 17.5 Å². The van der Waals surface area contributed by atoms with Crippen molar-refractivity contribution in [1.29, 1.82) is 0 Å². The fourth-order valence-electron chi connectivity index (χ4n) is 1.37. The number of hydrogen-bond acceptors (Lipinski definition) is 3. The van der Waals surface area contributed by atoms with Crippen LogP contribution in [0.4, 0.5) is 13.2 Å². The van der Waals surface area contributed by atoms with Gasteiger partial charge >= 0.3 is 5.97 Å². The molecule has 0 spiro atoms. The summed E-state index contributed by atoms with van der Waals surface area (Å²) in [7, 11) is 0. The normalized spacial score (nSPS) is 13.7. The number of amides is 1. The quantitative estimate of drug-likeness (QED) is 0.738. The molecule has 110 valence electrons. The summed E-state index contributed by atoms with van der Waals surface area (Å²) >= 11 is 0. The Morgan fingerprint density at radius 3 is 2.30 bits per heavy atom. The number of benzene rings is 1. The van der Waals surface area contributed by atoms with Gasteiger partial charge in [-0.15, -0.1) is 0 Å².